The molecule has 8 heteroatoms. The van der Waals surface area contributed by atoms with Crippen molar-refractivity contribution in [1.29, 1.82) is 0 Å². The molecule has 2 aromatic carbocycles. The lowest BCUT2D eigenvalue weighted by molar-refractivity contribution is -0.384. The van der Waals surface area contributed by atoms with Crippen LogP contribution < -0.4 is 10.1 Å². The third kappa shape index (κ3) is 6.77. The molecule has 0 aliphatic carbocycles. The van der Waals surface area contributed by atoms with Gasteiger partial charge in [0.15, 0.2) is 13.2 Å². The molecule has 0 heterocycles. The summed E-state index contributed by atoms with van der Waals surface area (Å²) < 4.78 is 10.0. The first-order valence-electron chi connectivity index (χ1n) is 8.30. The topological polar surface area (TPSA) is 108 Å². The maximum Gasteiger partial charge on any atom is 0.344 e. The number of nitrogens with one attached hydrogen (secondary N) is 1. The average Bonchev–Trinajstić information content (AvgIpc) is 2.69. The van der Waals surface area contributed by atoms with Gasteiger partial charge in [-0.05, 0) is 23.6 Å². The molecule has 1 N–H and O–H groups in total. The van der Waals surface area contributed by atoms with Crippen LogP contribution in [0.4, 0.5) is 5.69 Å². The smallest absolute Gasteiger partial charge is 0.344 e. The van der Waals surface area contributed by atoms with Gasteiger partial charge in [-0.1, -0.05) is 37.3 Å². The van der Waals surface area contributed by atoms with Crippen LogP contribution in [-0.2, 0) is 14.3 Å². The van der Waals surface area contributed by atoms with Crippen LogP contribution in [0.15, 0.2) is 54.6 Å². The lowest BCUT2D eigenvalue weighted by Crippen LogP contribution is -2.32. The second kappa shape index (κ2) is 9.91. The molecule has 0 bridgehead atoms. The van der Waals surface area contributed by atoms with Gasteiger partial charge in [-0.25, -0.2) is 4.79 Å². The van der Waals surface area contributed by atoms with E-state index in [2.05, 4.69) is 5.32 Å². The van der Waals surface area contributed by atoms with Crippen molar-refractivity contribution in [1.82, 2.24) is 5.32 Å². The molecule has 0 radical (unpaired) electrons. The summed E-state index contributed by atoms with van der Waals surface area (Å²) in [4.78, 5) is 33.4. The van der Waals surface area contributed by atoms with Crippen molar-refractivity contribution in [3.8, 4) is 5.75 Å². The molecule has 27 heavy (non-hydrogen) atoms. The van der Waals surface area contributed by atoms with Crippen LogP contribution in [-0.4, -0.2) is 36.6 Å². The first-order chi connectivity index (χ1) is 13.0. The van der Waals surface area contributed by atoms with Gasteiger partial charge in [0.25, 0.3) is 11.6 Å². The molecule has 2 rings (SSSR count). The summed E-state index contributed by atoms with van der Waals surface area (Å²) >= 11 is 0. The number of benzene rings is 2. The summed E-state index contributed by atoms with van der Waals surface area (Å²) in [6, 6.07) is 15.0. The Morgan fingerprint density at radius 1 is 1.07 bits per heavy atom. The van der Waals surface area contributed by atoms with Crippen molar-refractivity contribution < 1.29 is 24.0 Å². The van der Waals surface area contributed by atoms with Crippen molar-refractivity contribution in [2.24, 2.45) is 0 Å². The fraction of sp³-hybridized carbons (Fsp3) is 0.263. The lowest BCUT2D eigenvalue weighted by Gasteiger charge is -2.13. The standard InChI is InChI=1S/C19H20N2O6/c1-14(15-5-3-2-4-6-15)11-20-18(22)12-27-19(23)13-26-17-9-7-16(8-10-17)21(24)25/h2-10,14H,11-13H2,1H3,(H,20,22)/t14-/m0/s1. The van der Waals surface area contributed by atoms with Crippen LogP contribution in [0.2, 0.25) is 0 Å². The van der Waals surface area contributed by atoms with Crippen molar-refractivity contribution in [2.75, 3.05) is 19.8 Å². The zero-order valence-electron chi connectivity index (χ0n) is 14.8. The highest BCUT2D eigenvalue weighted by molar-refractivity contribution is 5.80. The minimum absolute atomic E-state index is 0.0775. The molecule has 1 atom stereocenters. The molecule has 0 aliphatic rings. The number of amides is 1. The van der Waals surface area contributed by atoms with E-state index in [4.69, 9.17) is 9.47 Å². The number of carbonyl (C=O) groups is 2. The molecule has 0 fully saturated rings. The maximum atomic E-state index is 11.8. The Balaban J connectivity index is 1.66. The molecule has 2 aromatic rings. The number of hydrogen-bond acceptors (Lipinski definition) is 6. The third-order valence-corrected chi connectivity index (χ3v) is 3.74. The molecule has 0 aliphatic heterocycles. The summed E-state index contributed by atoms with van der Waals surface area (Å²) in [7, 11) is 0. The van der Waals surface area contributed by atoms with Crippen LogP contribution in [0.3, 0.4) is 0 Å². The van der Waals surface area contributed by atoms with E-state index in [0.717, 1.165) is 5.56 Å². The highest BCUT2D eigenvalue weighted by Crippen LogP contribution is 2.17. The van der Waals surface area contributed by atoms with Crippen molar-refractivity contribution in [3.63, 3.8) is 0 Å². The number of nitrogens with zero attached hydrogens (tertiary/aromatic N) is 1. The summed E-state index contributed by atoms with van der Waals surface area (Å²) in [5.74, 6) is -0.684. The van der Waals surface area contributed by atoms with Crippen LogP contribution in [0, 0.1) is 10.1 Å². The SMILES string of the molecule is C[C@@H](CNC(=O)COC(=O)COc1ccc([N+](=O)[O-])cc1)c1ccccc1. The first-order valence-corrected chi connectivity index (χ1v) is 8.30. The number of nitro benzene ring substituents is 1. The van der Waals surface area contributed by atoms with Gasteiger partial charge >= 0.3 is 5.97 Å². The molecule has 142 valence electrons. The van der Waals surface area contributed by atoms with Crippen molar-refractivity contribution in [2.45, 2.75) is 12.8 Å². The highest BCUT2D eigenvalue weighted by Gasteiger charge is 2.11. The predicted molar refractivity (Wildman–Crippen MR) is 97.4 cm³/mol. The molecule has 0 spiro atoms. The van der Waals surface area contributed by atoms with Crippen LogP contribution >= 0.6 is 0 Å². The van der Waals surface area contributed by atoms with Gasteiger partial charge in [0.05, 0.1) is 4.92 Å². The van der Waals surface area contributed by atoms with E-state index in [1.54, 1.807) is 0 Å². The molecule has 0 unspecified atom stereocenters. The zero-order valence-corrected chi connectivity index (χ0v) is 14.8. The fourth-order valence-electron chi connectivity index (χ4n) is 2.21. The molecule has 0 saturated heterocycles. The summed E-state index contributed by atoms with van der Waals surface area (Å²) in [5, 5.41) is 13.3. The third-order valence-electron chi connectivity index (χ3n) is 3.74. The Morgan fingerprint density at radius 2 is 1.74 bits per heavy atom. The molecule has 0 aromatic heterocycles. The van der Waals surface area contributed by atoms with E-state index < -0.39 is 30.0 Å². The van der Waals surface area contributed by atoms with Crippen LogP contribution in [0.25, 0.3) is 0 Å². The normalized spacial score (nSPS) is 11.3. The second-order valence-corrected chi connectivity index (χ2v) is 5.82. The van der Waals surface area contributed by atoms with E-state index >= 15 is 0 Å². The minimum Gasteiger partial charge on any atom is -0.482 e. The largest absolute Gasteiger partial charge is 0.482 e. The predicted octanol–water partition coefficient (Wildman–Crippen LogP) is 2.44. The van der Waals surface area contributed by atoms with Gasteiger partial charge in [0, 0.05) is 18.7 Å². The number of rotatable bonds is 9. The van der Waals surface area contributed by atoms with E-state index in [1.165, 1.54) is 24.3 Å². The lowest BCUT2D eigenvalue weighted by atomic mass is 10.0. The van der Waals surface area contributed by atoms with Gasteiger partial charge in [0.2, 0.25) is 0 Å². The van der Waals surface area contributed by atoms with E-state index in [0.29, 0.717) is 12.3 Å². The molecule has 8 nitrogen and oxygen atoms in total. The van der Waals surface area contributed by atoms with E-state index in [9.17, 15) is 19.7 Å². The molecular weight excluding hydrogens is 352 g/mol. The minimum atomic E-state index is -0.709. The Hall–Kier alpha value is -3.42. The average molecular weight is 372 g/mol. The fourth-order valence-corrected chi connectivity index (χ4v) is 2.21. The molecular formula is C19H20N2O6. The van der Waals surface area contributed by atoms with Gasteiger partial charge < -0.3 is 14.8 Å². The number of nitro groups is 1. The number of ether oxygens (including phenoxy) is 2. The second-order valence-electron chi connectivity index (χ2n) is 5.82. The molecule has 1 amide bonds. The van der Waals surface area contributed by atoms with Gasteiger partial charge in [-0.15, -0.1) is 0 Å². The number of esters is 1. The van der Waals surface area contributed by atoms with Crippen molar-refractivity contribution >= 4 is 17.6 Å². The monoisotopic (exact) mass is 372 g/mol. The van der Waals surface area contributed by atoms with Crippen LogP contribution in [0.1, 0.15) is 18.4 Å². The first kappa shape index (κ1) is 19.9. The van der Waals surface area contributed by atoms with Gasteiger partial charge in [-0.2, -0.15) is 0 Å². The summed E-state index contributed by atoms with van der Waals surface area (Å²) in [5.41, 5.74) is 1.03. The van der Waals surface area contributed by atoms with Gasteiger partial charge in [0.1, 0.15) is 5.75 Å². The Labute approximate surface area is 156 Å². The zero-order chi connectivity index (χ0) is 19.6. The number of non-ortho nitro benzene ring substituents is 1. The van der Waals surface area contributed by atoms with Gasteiger partial charge in [-0.3, -0.25) is 14.9 Å². The quantitative estimate of drug-likeness (QED) is 0.411. The van der Waals surface area contributed by atoms with E-state index in [1.807, 2.05) is 37.3 Å². The van der Waals surface area contributed by atoms with E-state index in [-0.39, 0.29) is 11.6 Å². The highest BCUT2D eigenvalue weighted by atomic mass is 16.6. The number of hydrogen-bond donors (Lipinski definition) is 1. The Morgan fingerprint density at radius 3 is 2.37 bits per heavy atom. The maximum absolute atomic E-state index is 11.8. The Kier molecular flexibility index (Phi) is 7.30. The van der Waals surface area contributed by atoms with Crippen molar-refractivity contribution in [3.05, 3.63) is 70.3 Å². The summed E-state index contributed by atoms with van der Waals surface area (Å²) in [6.45, 7) is 1.62. The number of carbonyl (C=O) groups excluding carboxylic acids is 2. The molecule has 0 saturated carbocycles. The van der Waals surface area contributed by atoms with Crippen LogP contribution in [0.5, 0.6) is 5.75 Å². The Bertz CT molecular complexity index is 777. The summed E-state index contributed by atoms with van der Waals surface area (Å²) in [6.07, 6.45) is 0.